The van der Waals surface area contributed by atoms with Gasteiger partial charge in [-0.1, -0.05) is 24.1 Å². The lowest BCUT2D eigenvalue weighted by atomic mass is 9.94. The number of hydrogen-bond donors (Lipinski definition) is 0. The van der Waals surface area contributed by atoms with Crippen molar-refractivity contribution in [3.05, 3.63) is 76.7 Å². The van der Waals surface area contributed by atoms with E-state index >= 15 is 4.39 Å². The molecule has 2 aromatic carbocycles. The number of ether oxygens (including phenoxy) is 3. The molecular formula is C32H32FNO4. The summed E-state index contributed by atoms with van der Waals surface area (Å²) < 4.78 is 32.8. The van der Waals surface area contributed by atoms with Crippen LogP contribution in [0.25, 0.3) is 11.1 Å². The zero-order valence-electron chi connectivity index (χ0n) is 22.1. The fourth-order valence-electron chi connectivity index (χ4n) is 5.37. The van der Waals surface area contributed by atoms with Gasteiger partial charge in [0.15, 0.2) is 0 Å². The summed E-state index contributed by atoms with van der Waals surface area (Å²) in [4.78, 5) is 16.3. The quantitative estimate of drug-likeness (QED) is 0.321. The number of fused-ring (bicyclic) bond motifs is 1. The van der Waals surface area contributed by atoms with Crippen LogP contribution in [0.2, 0.25) is 0 Å². The number of carbonyl (C=O) groups excluding carboxylic acids is 1. The van der Waals surface area contributed by atoms with Crippen molar-refractivity contribution >= 4 is 5.78 Å². The van der Waals surface area contributed by atoms with Crippen molar-refractivity contribution in [1.29, 1.82) is 0 Å². The molecule has 6 heteroatoms. The highest BCUT2D eigenvalue weighted by Gasteiger charge is 2.31. The summed E-state index contributed by atoms with van der Waals surface area (Å²) in [6, 6.07) is 14.9. The number of pyridine rings is 1. The van der Waals surface area contributed by atoms with E-state index in [9.17, 15) is 4.79 Å². The Labute approximate surface area is 223 Å². The average molecular weight is 514 g/mol. The first-order chi connectivity index (χ1) is 18.4. The molecule has 5 nitrogen and oxygen atoms in total. The first-order valence-electron chi connectivity index (χ1n) is 13.1. The summed E-state index contributed by atoms with van der Waals surface area (Å²) in [5.41, 5.74) is 5.34. The average Bonchev–Trinajstić information content (AvgIpc) is 3.56. The highest BCUT2D eigenvalue weighted by Crippen LogP contribution is 2.42. The Bertz CT molecular complexity index is 1380. The van der Waals surface area contributed by atoms with E-state index in [1.807, 2.05) is 49.4 Å². The highest BCUT2D eigenvalue weighted by atomic mass is 19.1. The molecule has 0 saturated carbocycles. The molecule has 0 radical (unpaired) electrons. The third-order valence-corrected chi connectivity index (χ3v) is 7.18. The van der Waals surface area contributed by atoms with Gasteiger partial charge >= 0.3 is 0 Å². The first kappa shape index (κ1) is 25.9. The number of aromatic nitrogens is 1. The molecule has 5 rings (SSSR count). The van der Waals surface area contributed by atoms with Crippen molar-refractivity contribution in [2.75, 3.05) is 13.2 Å². The molecule has 0 N–H and O–H groups in total. The molecule has 38 heavy (non-hydrogen) atoms. The van der Waals surface area contributed by atoms with Gasteiger partial charge in [-0.15, -0.1) is 5.92 Å². The smallest absolute Gasteiger partial charge is 0.213 e. The van der Waals surface area contributed by atoms with Crippen molar-refractivity contribution in [2.45, 2.75) is 64.6 Å². The summed E-state index contributed by atoms with van der Waals surface area (Å²) in [6.45, 7) is 6.61. The van der Waals surface area contributed by atoms with E-state index in [1.54, 1.807) is 13.8 Å². The van der Waals surface area contributed by atoms with Gasteiger partial charge in [0.2, 0.25) is 5.88 Å². The summed E-state index contributed by atoms with van der Waals surface area (Å²) in [7, 11) is 0. The third-order valence-electron chi connectivity index (χ3n) is 7.18. The zero-order chi connectivity index (χ0) is 26.6. The Hall–Kier alpha value is -3.69. The minimum Gasteiger partial charge on any atom is -0.486 e. The van der Waals surface area contributed by atoms with Crippen LogP contribution in [0.4, 0.5) is 4.39 Å². The van der Waals surface area contributed by atoms with Crippen LogP contribution in [-0.2, 0) is 16.0 Å². The molecule has 3 aromatic rings. The van der Waals surface area contributed by atoms with E-state index in [-0.39, 0.29) is 29.7 Å². The Kier molecular flexibility index (Phi) is 7.76. The molecule has 0 spiro atoms. The number of carbonyl (C=O) groups is 1. The number of aryl methyl sites for hydroxylation is 1. The predicted octanol–water partition coefficient (Wildman–Crippen LogP) is 6.52. The molecule has 2 heterocycles. The second-order valence-corrected chi connectivity index (χ2v) is 9.94. The maximum absolute atomic E-state index is 15.1. The van der Waals surface area contributed by atoms with Crippen LogP contribution in [0, 0.1) is 24.6 Å². The highest BCUT2D eigenvalue weighted by molar-refractivity contribution is 5.77. The van der Waals surface area contributed by atoms with Crippen molar-refractivity contribution in [3.63, 3.8) is 0 Å². The van der Waals surface area contributed by atoms with Crippen LogP contribution in [0.1, 0.15) is 67.5 Å². The standard InChI is InChI=1S/C32H32FNO4/c1-4-5-23(18-20(2)35)22-6-8-24(9-7-22)37-30-14-11-28-27(10-13-29(33)32(28)30)26-12-15-31(34-21(26)3)38-25-16-17-36-19-25/h6-10,12-13,15,23,25,30H,11,14,16-19H2,1-3H3/t23-,25?,30+/m0/s1. The largest absolute Gasteiger partial charge is 0.486 e. The topological polar surface area (TPSA) is 57.7 Å². The van der Waals surface area contributed by atoms with Crippen molar-refractivity contribution in [1.82, 2.24) is 4.98 Å². The fraction of sp³-hybridized carbons (Fsp3) is 0.375. The van der Waals surface area contributed by atoms with Crippen LogP contribution in [0.15, 0.2) is 48.5 Å². The molecular weight excluding hydrogens is 481 g/mol. The lowest BCUT2D eigenvalue weighted by Gasteiger charge is -2.18. The SMILES string of the molecule is CC#C[C@@H](CC(C)=O)c1ccc(O[C@@H]2CCc3c(-c4ccc(OC5CCOC5)nc4C)ccc(F)c32)cc1. The second kappa shape index (κ2) is 11.4. The lowest BCUT2D eigenvalue weighted by Crippen LogP contribution is -2.16. The molecule has 0 amide bonds. The van der Waals surface area contributed by atoms with Gasteiger partial charge in [-0.3, -0.25) is 4.79 Å². The van der Waals surface area contributed by atoms with Gasteiger partial charge in [0.05, 0.1) is 19.1 Å². The summed E-state index contributed by atoms with van der Waals surface area (Å²) in [5.74, 6) is 6.98. The summed E-state index contributed by atoms with van der Waals surface area (Å²) in [5, 5.41) is 0. The molecule has 1 saturated heterocycles. The molecule has 1 aliphatic heterocycles. The van der Waals surface area contributed by atoms with E-state index in [1.165, 1.54) is 6.07 Å². The van der Waals surface area contributed by atoms with Gasteiger partial charge < -0.3 is 14.2 Å². The number of nitrogens with zero attached hydrogens (tertiary/aromatic N) is 1. The van der Waals surface area contributed by atoms with E-state index in [2.05, 4.69) is 16.8 Å². The van der Waals surface area contributed by atoms with Gasteiger partial charge in [-0.2, -0.15) is 0 Å². The number of ketones is 1. The maximum atomic E-state index is 15.1. The number of Topliss-reactive ketones (excluding diaryl/α,β-unsaturated/α-hetero) is 1. The first-order valence-corrected chi connectivity index (χ1v) is 13.1. The van der Waals surface area contributed by atoms with Crippen LogP contribution in [-0.4, -0.2) is 30.1 Å². The van der Waals surface area contributed by atoms with Crippen LogP contribution in [0.5, 0.6) is 11.6 Å². The monoisotopic (exact) mass is 513 g/mol. The molecule has 1 fully saturated rings. The van der Waals surface area contributed by atoms with Crippen LogP contribution >= 0.6 is 0 Å². The Morgan fingerprint density at radius 2 is 1.89 bits per heavy atom. The Morgan fingerprint density at radius 3 is 2.58 bits per heavy atom. The van der Waals surface area contributed by atoms with Crippen molar-refractivity contribution < 1.29 is 23.4 Å². The second-order valence-electron chi connectivity index (χ2n) is 9.94. The summed E-state index contributed by atoms with van der Waals surface area (Å²) >= 11 is 0. The van der Waals surface area contributed by atoms with Crippen LogP contribution in [0.3, 0.4) is 0 Å². The minimum atomic E-state index is -0.377. The Morgan fingerprint density at radius 1 is 1.11 bits per heavy atom. The predicted molar refractivity (Wildman–Crippen MR) is 144 cm³/mol. The van der Waals surface area contributed by atoms with E-state index < -0.39 is 0 Å². The maximum Gasteiger partial charge on any atom is 0.213 e. The van der Waals surface area contributed by atoms with Gasteiger partial charge in [0.1, 0.15) is 29.6 Å². The normalized spacial score (nSPS) is 18.8. The number of rotatable bonds is 8. The van der Waals surface area contributed by atoms with Gasteiger partial charge in [0.25, 0.3) is 0 Å². The van der Waals surface area contributed by atoms with Gasteiger partial charge in [-0.25, -0.2) is 9.37 Å². The van der Waals surface area contributed by atoms with Gasteiger partial charge in [0, 0.05) is 35.7 Å². The van der Waals surface area contributed by atoms with E-state index in [0.29, 0.717) is 43.2 Å². The fourth-order valence-corrected chi connectivity index (χ4v) is 5.37. The number of benzene rings is 2. The van der Waals surface area contributed by atoms with Gasteiger partial charge in [-0.05, 0) is 74.6 Å². The molecule has 196 valence electrons. The van der Waals surface area contributed by atoms with Crippen molar-refractivity contribution in [2.24, 2.45) is 0 Å². The molecule has 1 aliphatic carbocycles. The van der Waals surface area contributed by atoms with E-state index in [4.69, 9.17) is 14.2 Å². The minimum absolute atomic E-state index is 0.0365. The van der Waals surface area contributed by atoms with Crippen LogP contribution < -0.4 is 9.47 Å². The third kappa shape index (κ3) is 5.58. The molecule has 0 bridgehead atoms. The molecule has 1 unspecified atom stereocenters. The zero-order valence-corrected chi connectivity index (χ0v) is 22.1. The number of halogens is 1. The lowest BCUT2D eigenvalue weighted by molar-refractivity contribution is -0.117. The molecule has 2 aliphatic rings. The molecule has 3 atom stereocenters. The Balaban J connectivity index is 1.36. The van der Waals surface area contributed by atoms with Crippen molar-refractivity contribution in [3.8, 4) is 34.6 Å². The summed E-state index contributed by atoms with van der Waals surface area (Å²) in [6.07, 6.45) is 2.31. The number of hydrogen-bond acceptors (Lipinski definition) is 5. The van der Waals surface area contributed by atoms with E-state index in [0.717, 1.165) is 40.8 Å². The molecule has 1 aromatic heterocycles.